The third kappa shape index (κ3) is 3.09. The molecule has 2 heterocycles. The lowest BCUT2D eigenvalue weighted by molar-refractivity contribution is -0.385. The van der Waals surface area contributed by atoms with E-state index in [-0.39, 0.29) is 17.0 Å². The number of nitro groups is 1. The maximum Gasteiger partial charge on any atom is 0.282 e. The summed E-state index contributed by atoms with van der Waals surface area (Å²) < 4.78 is 13.6. The highest BCUT2D eigenvalue weighted by atomic mass is 32.2. The smallest absolute Gasteiger partial charge is 0.282 e. The molecule has 0 saturated heterocycles. The number of fused-ring (bicyclic) bond motifs is 1. The van der Waals surface area contributed by atoms with Crippen LogP contribution in [0.3, 0.4) is 0 Å². The van der Waals surface area contributed by atoms with Gasteiger partial charge in [0.25, 0.3) is 11.6 Å². The number of rotatable bonds is 4. The molecule has 0 unspecified atom stereocenters. The molecule has 28 heavy (non-hydrogen) atoms. The minimum Gasteiger partial charge on any atom is -0.306 e. The number of anilines is 1. The quantitative estimate of drug-likeness (QED) is 0.539. The van der Waals surface area contributed by atoms with Crippen molar-refractivity contribution in [2.24, 2.45) is 0 Å². The van der Waals surface area contributed by atoms with E-state index in [0.29, 0.717) is 22.8 Å². The molecule has 9 heteroatoms. The van der Waals surface area contributed by atoms with E-state index in [1.165, 1.54) is 18.2 Å². The molecule has 142 valence electrons. The number of amides is 1. The molecule has 1 aliphatic rings. The lowest BCUT2D eigenvalue weighted by atomic mass is 10.1. The Morgan fingerprint density at radius 3 is 2.64 bits per heavy atom. The number of benzene rings is 2. The molecule has 0 aliphatic carbocycles. The van der Waals surface area contributed by atoms with Crippen molar-refractivity contribution in [3.05, 3.63) is 81.0 Å². The number of carbonyl (C=O) groups excluding carboxylic acids is 1. The van der Waals surface area contributed by atoms with Crippen LogP contribution in [0.1, 0.15) is 27.2 Å². The number of aryl methyl sites for hydroxylation is 1. The summed E-state index contributed by atoms with van der Waals surface area (Å²) in [5.41, 5.74) is 2.78. The molecule has 2 aromatic carbocycles. The van der Waals surface area contributed by atoms with Crippen molar-refractivity contribution in [1.29, 1.82) is 0 Å². The van der Waals surface area contributed by atoms with E-state index < -0.39 is 21.6 Å². The van der Waals surface area contributed by atoms with E-state index in [2.05, 4.69) is 10.4 Å². The first kappa shape index (κ1) is 18.1. The fraction of sp³-hybridized carbons (Fsp3) is 0.158. The standard InChI is InChI=1S/C19H16N4O4S/c1-12-6-2-4-8-16(12)22-18(14-10-28(27)11-15(14)21-22)20-19(24)13-7-3-5-9-17(13)23(25)26/h2-9H,10-11H2,1H3,(H,20,24)/t28-/m1/s1. The number of nitrogens with zero attached hydrogens (tertiary/aromatic N) is 3. The monoisotopic (exact) mass is 396 g/mol. The van der Waals surface area contributed by atoms with Gasteiger partial charge < -0.3 is 5.32 Å². The molecule has 1 aromatic heterocycles. The zero-order valence-electron chi connectivity index (χ0n) is 14.9. The fourth-order valence-corrected chi connectivity index (χ4v) is 4.50. The van der Waals surface area contributed by atoms with Crippen LogP contribution in [0.4, 0.5) is 11.5 Å². The Morgan fingerprint density at radius 2 is 1.89 bits per heavy atom. The van der Waals surface area contributed by atoms with Crippen LogP contribution in [-0.4, -0.2) is 24.8 Å². The maximum atomic E-state index is 12.9. The molecule has 1 N–H and O–H groups in total. The first-order chi connectivity index (χ1) is 13.5. The number of hydrogen-bond donors (Lipinski definition) is 1. The molecule has 1 atom stereocenters. The Balaban J connectivity index is 1.80. The van der Waals surface area contributed by atoms with Gasteiger partial charge in [-0.25, -0.2) is 4.68 Å². The van der Waals surface area contributed by atoms with Crippen molar-refractivity contribution in [2.45, 2.75) is 18.4 Å². The summed E-state index contributed by atoms with van der Waals surface area (Å²) in [7, 11) is -1.07. The van der Waals surface area contributed by atoms with Crippen LogP contribution >= 0.6 is 0 Å². The molecule has 3 aromatic rings. The van der Waals surface area contributed by atoms with E-state index in [1.54, 1.807) is 10.7 Å². The van der Waals surface area contributed by atoms with Gasteiger partial charge in [-0.15, -0.1) is 0 Å². The summed E-state index contributed by atoms with van der Waals surface area (Å²) in [6.45, 7) is 1.92. The predicted octanol–water partition coefficient (Wildman–Crippen LogP) is 3.10. The molecule has 0 bridgehead atoms. The van der Waals surface area contributed by atoms with Crippen LogP contribution in [0.25, 0.3) is 5.69 Å². The number of carbonyl (C=O) groups is 1. The third-order valence-corrected chi connectivity index (χ3v) is 5.80. The summed E-state index contributed by atoms with van der Waals surface area (Å²) in [5.74, 6) is 0.400. The van der Waals surface area contributed by atoms with Crippen molar-refractivity contribution in [1.82, 2.24) is 9.78 Å². The lowest BCUT2D eigenvalue weighted by Gasteiger charge is -2.13. The van der Waals surface area contributed by atoms with Crippen LogP contribution in [-0.2, 0) is 22.3 Å². The molecule has 1 amide bonds. The lowest BCUT2D eigenvalue weighted by Crippen LogP contribution is -2.18. The Morgan fingerprint density at radius 1 is 1.18 bits per heavy atom. The van der Waals surface area contributed by atoms with Crippen LogP contribution in [0.15, 0.2) is 48.5 Å². The van der Waals surface area contributed by atoms with Gasteiger partial charge in [-0.2, -0.15) is 5.10 Å². The number of hydrogen-bond acceptors (Lipinski definition) is 5. The molecular formula is C19H16N4O4S. The number of aromatic nitrogens is 2. The molecule has 0 radical (unpaired) electrons. The third-order valence-electron chi connectivity index (χ3n) is 4.59. The second kappa shape index (κ2) is 7.01. The second-order valence-corrected chi connectivity index (χ2v) is 7.89. The van der Waals surface area contributed by atoms with E-state index in [0.717, 1.165) is 11.3 Å². The molecule has 0 spiro atoms. The fourth-order valence-electron chi connectivity index (χ4n) is 3.23. The molecule has 0 saturated carbocycles. The second-order valence-electron chi connectivity index (χ2n) is 6.43. The minimum absolute atomic E-state index is 0.0436. The average molecular weight is 396 g/mol. The zero-order chi connectivity index (χ0) is 19.8. The van der Waals surface area contributed by atoms with Crippen molar-refractivity contribution in [3.8, 4) is 5.69 Å². The minimum atomic E-state index is -1.07. The van der Waals surface area contributed by atoms with Crippen molar-refractivity contribution in [2.75, 3.05) is 5.32 Å². The first-order valence-electron chi connectivity index (χ1n) is 8.52. The van der Waals surface area contributed by atoms with Gasteiger partial charge in [-0.05, 0) is 24.6 Å². The van der Waals surface area contributed by atoms with Gasteiger partial charge in [0.1, 0.15) is 11.4 Å². The number of nitro benzene ring substituents is 1. The summed E-state index contributed by atoms with van der Waals surface area (Å²) in [6.07, 6.45) is 0. The van der Waals surface area contributed by atoms with Gasteiger partial charge in [-0.3, -0.25) is 19.1 Å². The number of para-hydroxylation sites is 2. The highest BCUT2D eigenvalue weighted by Gasteiger charge is 2.30. The van der Waals surface area contributed by atoms with Gasteiger partial charge in [0.05, 0.1) is 27.8 Å². The summed E-state index contributed by atoms with van der Waals surface area (Å²) in [4.78, 5) is 23.5. The largest absolute Gasteiger partial charge is 0.306 e. The van der Waals surface area contributed by atoms with E-state index in [9.17, 15) is 19.1 Å². The molecule has 4 rings (SSSR count). The molecular weight excluding hydrogens is 380 g/mol. The van der Waals surface area contributed by atoms with Gasteiger partial charge in [0, 0.05) is 22.4 Å². The van der Waals surface area contributed by atoms with Gasteiger partial charge in [0.15, 0.2) is 0 Å². The summed E-state index contributed by atoms with van der Waals surface area (Å²) in [6, 6.07) is 13.3. The van der Waals surface area contributed by atoms with Crippen LogP contribution in [0.5, 0.6) is 0 Å². The highest BCUT2D eigenvalue weighted by molar-refractivity contribution is 7.83. The summed E-state index contributed by atoms with van der Waals surface area (Å²) in [5, 5.41) is 18.6. The topological polar surface area (TPSA) is 107 Å². The maximum absolute atomic E-state index is 12.9. The SMILES string of the molecule is Cc1ccccc1-n1nc2c(c1NC(=O)c1ccccc1[N+](=O)[O-])C[S@@](=O)C2. The normalized spacial score (nSPS) is 15.2. The zero-order valence-corrected chi connectivity index (χ0v) is 15.7. The molecule has 0 fully saturated rings. The van der Waals surface area contributed by atoms with Crippen molar-refractivity contribution >= 4 is 28.2 Å². The Hall–Kier alpha value is -3.33. The highest BCUT2D eigenvalue weighted by Crippen LogP contribution is 2.32. The van der Waals surface area contributed by atoms with Crippen molar-refractivity contribution in [3.63, 3.8) is 0 Å². The molecule has 1 aliphatic heterocycles. The van der Waals surface area contributed by atoms with Crippen LogP contribution in [0, 0.1) is 17.0 Å². The number of nitrogens with one attached hydrogen (secondary N) is 1. The van der Waals surface area contributed by atoms with Crippen molar-refractivity contribution < 1.29 is 13.9 Å². The van der Waals surface area contributed by atoms with E-state index in [1.807, 2.05) is 31.2 Å². The Kier molecular flexibility index (Phi) is 4.52. The van der Waals surface area contributed by atoms with Crippen LogP contribution < -0.4 is 5.32 Å². The average Bonchev–Trinajstić information content (AvgIpc) is 3.19. The Bertz CT molecular complexity index is 1140. The van der Waals surface area contributed by atoms with E-state index in [4.69, 9.17) is 0 Å². The first-order valence-corrected chi connectivity index (χ1v) is 10.0. The van der Waals surface area contributed by atoms with E-state index >= 15 is 0 Å². The predicted molar refractivity (Wildman–Crippen MR) is 105 cm³/mol. The van der Waals surface area contributed by atoms with Gasteiger partial charge >= 0.3 is 0 Å². The van der Waals surface area contributed by atoms with Gasteiger partial charge in [-0.1, -0.05) is 30.3 Å². The molecule has 8 nitrogen and oxygen atoms in total. The van der Waals surface area contributed by atoms with Crippen LogP contribution in [0.2, 0.25) is 0 Å². The Labute approximate surface area is 162 Å². The summed E-state index contributed by atoms with van der Waals surface area (Å²) >= 11 is 0. The van der Waals surface area contributed by atoms with Gasteiger partial charge in [0.2, 0.25) is 0 Å².